The number of hydrogen-bond donors (Lipinski definition) is 1. The van der Waals surface area contributed by atoms with Gasteiger partial charge in [-0.15, -0.1) is 0 Å². The van der Waals surface area contributed by atoms with Crippen molar-refractivity contribution >= 4 is 0 Å². The molecule has 0 spiro atoms. The number of nitrogens with one attached hydrogen (secondary N) is 1. The third-order valence-electron chi connectivity index (χ3n) is 5.30. The van der Waals surface area contributed by atoms with Gasteiger partial charge in [0.1, 0.15) is 0 Å². The minimum Gasteiger partial charge on any atom is -0.311 e. The first-order valence-corrected chi connectivity index (χ1v) is 8.11. The maximum Gasteiger partial charge on any atom is 0.00979 e. The van der Waals surface area contributed by atoms with E-state index in [0.717, 1.165) is 23.9 Å². The molecule has 17 heavy (non-hydrogen) atoms. The van der Waals surface area contributed by atoms with Gasteiger partial charge in [-0.1, -0.05) is 52.4 Å². The first kappa shape index (κ1) is 13.4. The average molecular weight is 237 g/mol. The van der Waals surface area contributed by atoms with Crippen LogP contribution in [-0.2, 0) is 0 Å². The van der Waals surface area contributed by atoms with E-state index in [9.17, 15) is 0 Å². The van der Waals surface area contributed by atoms with E-state index in [-0.39, 0.29) is 0 Å². The maximum absolute atomic E-state index is 4.06. The molecule has 0 heterocycles. The summed E-state index contributed by atoms with van der Waals surface area (Å²) in [4.78, 5) is 0. The van der Waals surface area contributed by atoms with Crippen molar-refractivity contribution in [1.29, 1.82) is 0 Å². The zero-order valence-corrected chi connectivity index (χ0v) is 11.9. The van der Waals surface area contributed by atoms with Crippen molar-refractivity contribution in [2.45, 2.75) is 90.1 Å². The standard InChI is InChI=1S/C16H31N/c1-3-13-9-5-7-11-15(13)17-16-12-8-6-10-14(16)4-2/h13-17H,3-12H2,1-2H3/t13-,14-,15-,16+/m0/s1. The monoisotopic (exact) mass is 237 g/mol. The van der Waals surface area contributed by atoms with Gasteiger partial charge in [-0.25, -0.2) is 0 Å². The van der Waals surface area contributed by atoms with E-state index in [4.69, 9.17) is 0 Å². The van der Waals surface area contributed by atoms with Gasteiger partial charge in [0.25, 0.3) is 0 Å². The zero-order chi connectivity index (χ0) is 12.1. The quantitative estimate of drug-likeness (QED) is 0.758. The topological polar surface area (TPSA) is 12.0 Å². The van der Waals surface area contributed by atoms with Gasteiger partial charge in [0.2, 0.25) is 0 Å². The fourth-order valence-corrected chi connectivity index (χ4v) is 4.11. The minimum absolute atomic E-state index is 0.839. The predicted octanol–water partition coefficient (Wildman–Crippen LogP) is 4.51. The molecule has 4 atom stereocenters. The first-order valence-electron chi connectivity index (χ1n) is 8.11. The molecule has 2 aliphatic carbocycles. The van der Waals surface area contributed by atoms with Crippen LogP contribution in [0, 0.1) is 11.8 Å². The lowest BCUT2D eigenvalue weighted by atomic mass is 9.79. The van der Waals surface area contributed by atoms with E-state index in [1.54, 1.807) is 0 Å². The SMILES string of the molecule is CC[C@H]1CCCC[C@@H]1N[C@@H]1CCCC[C@@H]1CC. The number of rotatable bonds is 4. The summed E-state index contributed by atoms with van der Waals surface area (Å²) >= 11 is 0. The molecule has 0 bridgehead atoms. The lowest BCUT2D eigenvalue weighted by Crippen LogP contribution is -2.48. The van der Waals surface area contributed by atoms with Gasteiger partial charge in [0, 0.05) is 12.1 Å². The molecular weight excluding hydrogens is 206 g/mol. The van der Waals surface area contributed by atoms with Gasteiger partial charge < -0.3 is 5.32 Å². The van der Waals surface area contributed by atoms with Gasteiger partial charge >= 0.3 is 0 Å². The Kier molecular flexibility index (Phi) is 5.34. The van der Waals surface area contributed by atoms with Crippen LogP contribution in [0.15, 0.2) is 0 Å². The molecule has 0 aliphatic heterocycles. The van der Waals surface area contributed by atoms with Crippen molar-refractivity contribution < 1.29 is 0 Å². The van der Waals surface area contributed by atoms with Crippen LogP contribution in [0.4, 0.5) is 0 Å². The van der Waals surface area contributed by atoms with Crippen LogP contribution in [-0.4, -0.2) is 12.1 Å². The Labute approximate surface area is 108 Å². The second-order valence-electron chi connectivity index (χ2n) is 6.29. The smallest absolute Gasteiger partial charge is 0.00979 e. The lowest BCUT2D eigenvalue weighted by molar-refractivity contribution is 0.179. The molecule has 0 amide bonds. The second kappa shape index (κ2) is 6.78. The van der Waals surface area contributed by atoms with Crippen LogP contribution in [0.2, 0.25) is 0 Å². The van der Waals surface area contributed by atoms with Crippen LogP contribution in [0.25, 0.3) is 0 Å². The average Bonchev–Trinajstić information content (AvgIpc) is 2.40. The molecule has 0 aromatic rings. The summed E-state index contributed by atoms with van der Waals surface area (Å²) in [7, 11) is 0. The Morgan fingerprint density at radius 1 is 0.706 bits per heavy atom. The highest BCUT2D eigenvalue weighted by molar-refractivity contribution is 4.87. The fourth-order valence-electron chi connectivity index (χ4n) is 4.11. The Bertz CT molecular complexity index is 192. The molecule has 1 N–H and O–H groups in total. The maximum atomic E-state index is 4.06. The van der Waals surface area contributed by atoms with E-state index >= 15 is 0 Å². The van der Waals surface area contributed by atoms with Crippen molar-refractivity contribution in [3.63, 3.8) is 0 Å². The zero-order valence-electron chi connectivity index (χ0n) is 11.9. The summed E-state index contributed by atoms with van der Waals surface area (Å²) in [6, 6.07) is 1.68. The molecule has 2 saturated carbocycles. The summed E-state index contributed by atoms with van der Waals surface area (Å²) < 4.78 is 0. The molecule has 2 aliphatic rings. The van der Waals surface area contributed by atoms with Crippen LogP contribution in [0.1, 0.15) is 78.1 Å². The lowest BCUT2D eigenvalue weighted by Gasteiger charge is -2.39. The van der Waals surface area contributed by atoms with Crippen LogP contribution < -0.4 is 5.32 Å². The third kappa shape index (κ3) is 3.47. The Balaban J connectivity index is 1.88. The van der Waals surface area contributed by atoms with Crippen LogP contribution in [0.3, 0.4) is 0 Å². The largest absolute Gasteiger partial charge is 0.311 e. The van der Waals surface area contributed by atoms with Crippen molar-refractivity contribution in [3.8, 4) is 0 Å². The molecule has 2 rings (SSSR count). The molecule has 0 aromatic carbocycles. The summed E-state index contributed by atoms with van der Waals surface area (Å²) in [6.07, 6.45) is 14.4. The summed E-state index contributed by atoms with van der Waals surface area (Å²) in [6.45, 7) is 4.76. The Morgan fingerprint density at radius 3 is 1.53 bits per heavy atom. The minimum atomic E-state index is 0.839. The fraction of sp³-hybridized carbons (Fsp3) is 1.00. The van der Waals surface area contributed by atoms with Crippen molar-refractivity contribution in [2.75, 3.05) is 0 Å². The Morgan fingerprint density at radius 2 is 1.12 bits per heavy atom. The van der Waals surface area contributed by atoms with Gasteiger partial charge in [-0.3, -0.25) is 0 Å². The predicted molar refractivity (Wildman–Crippen MR) is 75.2 cm³/mol. The van der Waals surface area contributed by atoms with Gasteiger partial charge in [-0.2, -0.15) is 0 Å². The van der Waals surface area contributed by atoms with Gasteiger partial charge in [0.15, 0.2) is 0 Å². The summed E-state index contributed by atoms with van der Waals surface area (Å²) in [5.74, 6) is 1.92. The second-order valence-corrected chi connectivity index (χ2v) is 6.29. The molecule has 1 heteroatoms. The molecule has 1 nitrogen and oxygen atoms in total. The molecule has 0 unspecified atom stereocenters. The molecule has 0 saturated heterocycles. The summed E-state index contributed by atoms with van der Waals surface area (Å²) in [5, 5.41) is 4.06. The normalized spacial score (nSPS) is 39.2. The van der Waals surface area contributed by atoms with E-state index in [1.165, 1.54) is 64.2 Å². The van der Waals surface area contributed by atoms with Crippen LogP contribution >= 0.6 is 0 Å². The highest BCUT2D eigenvalue weighted by Gasteiger charge is 2.29. The number of hydrogen-bond acceptors (Lipinski definition) is 1. The first-order chi connectivity index (χ1) is 8.35. The molecular formula is C16H31N. The summed E-state index contributed by atoms with van der Waals surface area (Å²) in [5.41, 5.74) is 0. The molecule has 100 valence electrons. The molecule has 0 radical (unpaired) electrons. The van der Waals surface area contributed by atoms with Gasteiger partial charge in [-0.05, 0) is 37.5 Å². The Hall–Kier alpha value is -0.0400. The van der Waals surface area contributed by atoms with Crippen LogP contribution in [0.5, 0.6) is 0 Å². The highest BCUT2D eigenvalue weighted by atomic mass is 15.0. The molecule has 2 fully saturated rings. The van der Waals surface area contributed by atoms with Crippen molar-refractivity contribution in [3.05, 3.63) is 0 Å². The van der Waals surface area contributed by atoms with E-state index < -0.39 is 0 Å². The third-order valence-corrected chi connectivity index (χ3v) is 5.30. The van der Waals surface area contributed by atoms with E-state index in [0.29, 0.717) is 0 Å². The molecule has 0 aromatic heterocycles. The van der Waals surface area contributed by atoms with E-state index in [1.807, 2.05) is 0 Å². The highest BCUT2D eigenvalue weighted by Crippen LogP contribution is 2.31. The van der Waals surface area contributed by atoms with Crippen molar-refractivity contribution in [1.82, 2.24) is 5.32 Å². The van der Waals surface area contributed by atoms with E-state index in [2.05, 4.69) is 19.2 Å². The van der Waals surface area contributed by atoms with Crippen molar-refractivity contribution in [2.24, 2.45) is 11.8 Å². The van der Waals surface area contributed by atoms with Gasteiger partial charge in [0.05, 0.1) is 0 Å².